The lowest BCUT2D eigenvalue weighted by Crippen LogP contribution is -2.57. The van der Waals surface area contributed by atoms with Crippen molar-refractivity contribution in [2.75, 3.05) is 19.9 Å². The average molecular weight is 242 g/mol. The summed E-state index contributed by atoms with van der Waals surface area (Å²) in [6, 6.07) is 0. The molecule has 1 nitrogen and oxygen atoms in total. The number of alkyl halides is 7. The van der Waals surface area contributed by atoms with Crippen LogP contribution >= 0.6 is 0 Å². The molecule has 92 valence electrons. The highest BCUT2D eigenvalue weighted by molar-refractivity contribution is 4.96. The first-order valence-corrected chi connectivity index (χ1v) is 3.89. The molecule has 0 atom stereocenters. The number of ether oxygens (including phenoxy) is 1. The molecule has 15 heavy (non-hydrogen) atoms. The van der Waals surface area contributed by atoms with Crippen molar-refractivity contribution in [1.82, 2.24) is 0 Å². The van der Waals surface area contributed by atoms with Crippen LogP contribution in [0.15, 0.2) is 0 Å². The standard InChI is InChI=1S/C7H9F7O/c1-2-15-4-6(11,12)7(13,14)5(9,10)3-8/h2-4H2,1H3. The Morgan fingerprint density at radius 3 is 1.73 bits per heavy atom. The molecule has 0 saturated carbocycles. The second kappa shape index (κ2) is 4.54. The van der Waals surface area contributed by atoms with Gasteiger partial charge in [-0.1, -0.05) is 0 Å². The highest BCUT2D eigenvalue weighted by Crippen LogP contribution is 2.45. The number of rotatable bonds is 6. The van der Waals surface area contributed by atoms with Crippen molar-refractivity contribution < 1.29 is 35.5 Å². The molecule has 0 spiro atoms. The summed E-state index contributed by atoms with van der Waals surface area (Å²) in [5.41, 5.74) is 0. The van der Waals surface area contributed by atoms with Gasteiger partial charge >= 0.3 is 17.8 Å². The second-order valence-electron chi connectivity index (χ2n) is 2.75. The van der Waals surface area contributed by atoms with Crippen LogP contribution in [0.4, 0.5) is 30.7 Å². The molecule has 0 aliphatic carbocycles. The normalized spacial score (nSPS) is 14.4. The summed E-state index contributed by atoms with van der Waals surface area (Å²) in [6.07, 6.45) is 0. The molecule has 0 N–H and O–H groups in total. The quantitative estimate of drug-likeness (QED) is 0.651. The molecule has 0 bridgehead atoms. The highest BCUT2D eigenvalue weighted by atomic mass is 19.3. The van der Waals surface area contributed by atoms with Crippen LogP contribution in [0.3, 0.4) is 0 Å². The summed E-state index contributed by atoms with van der Waals surface area (Å²) in [5, 5.41) is 0. The topological polar surface area (TPSA) is 9.23 Å². The van der Waals surface area contributed by atoms with Gasteiger partial charge in [0.2, 0.25) is 0 Å². The van der Waals surface area contributed by atoms with Crippen molar-refractivity contribution in [3.05, 3.63) is 0 Å². The zero-order valence-electron chi connectivity index (χ0n) is 7.68. The van der Waals surface area contributed by atoms with E-state index in [1.807, 2.05) is 0 Å². The minimum absolute atomic E-state index is 0.340. The van der Waals surface area contributed by atoms with Crippen LogP contribution in [0, 0.1) is 0 Å². The van der Waals surface area contributed by atoms with E-state index in [-0.39, 0.29) is 6.61 Å². The molecule has 0 aromatic rings. The third-order valence-corrected chi connectivity index (χ3v) is 1.57. The fourth-order valence-electron chi connectivity index (χ4n) is 0.672. The first kappa shape index (κ1) is 14.5. The Bertz CT molecular complexity index is 204. The van der Waals surface area contributed by atoms with Crippen molar-refractivity contribution in [3.8, 4) is 0 Å². The monoisotopic (exact) mass is 242 g/mol. The minimum Gasteiger partial charge on any atom is -0.375 e. The van der Waals surface area contributed by atoms with Gasteiger partial charge in [-0.25, -0.2) is 4.39 Å². The molecule has 0 rings (SSSR count). The average Bonchev–Trinajstić information content (AvgIpc) is 2.14. The first-order chi connectivity index (χ1) is 6.62. The molecule has 0 aromatic carbocycles. The fraction of sp³-hybridized carbons (Fsp3) is 1.00. The summed E-state index contributed by atoms with van der Waals surface area (Å²) in [5.74, 6) is -16.3. The zero-order chi connectivity index (χ0) is 12.3. The summed E-state index contributed by atoms with van der Waals surface area (Å²) < 4.78 is 89.9. The lowest BCUT2D eigenvalue weighted by molar-refractivity contribution is -0.321. The van der Waals surface area contributed by atoms with Gasteiger partial charge in [0.1, 0.15) is 6.61 Å². The van der Waals surface area contributed by atoms with E-state index in [0.717, 1.165) is 0 Å². The maximum absolute atomic E-state index is 12.5. The van der Waals surface area contributed by atoms with Gasteiger partial charge in [-0.05, 0) is 6.92 Å². The van der Waals surface area contributed by atoms with Gasteiger partial charge in [-0.3, -0.25) is 0 Å². The second-order valence-corrected chi connectivity index (χ2v) is 2.75. The molecule has 0 radical (unpaired) electrons. The van der Waals surface area contributed by atoms with Gasteiger partial charge < -0.3 is 4.74 Å². The van der Waals surface area contributed by atoms with Gasteiger partial charge in [-0.15, -0.1) is 0 Å². The lowest BCUT2D eigenvalue weighted by atomic mass is 10.1. The van der Waals surface area contributed by atoms with E-state index in [9.17, 15) is 30.7 Å². The lowest BCUT2D eigenvalue weighted by Gasteiger charge is -2.30. The zero-order valence-corrected chi connectivity index (χ0v) is 7.68. The van der Waals surface area contributed by atoms with Crippen molar-refractivity contribution in [2.24, 2.45) is 0 Å². The van der Waals surface area contributed by atoms with Crippen LogP contribution in [-0.4, -0.2) is 37.7 Å². The minimum atomic E-state index is -5.77. The molecule has 8 heteroatoms. The van der Waals surface area contributed by atoms with E-state index in [2.05, 4.69) is 4.74 Å². The molecule has 0 fully saturated rings. The molecule has 0 saturated heterocycles. The molecular formula is C7H9F7O. The maximum Gasteiger partial charge on any atom is 0.377 e. The Balaban J connectivity index is 4.83. The molecule has 0 aliphatic heterocycles. The highest BCUT2D eigenvalue weighted by Gasteiger charge is 2.71. The largest absolute Gasteiger partial charge is 0.377 e. The summed E-state index contributed by atoms with van der Waals surface area (Å²) in [4.78, 5) is 0. The van der Waals surface area contributed by atoms with Gasteiger partial charge in [0.05, 0.1) is 0 Å². The Labute approximate surface area is 81.2 Å². The van der Waals surface area contributed by atoms with E-state index in [1.54, 1.807) is 0 Å². The van der Waals surface area contributed by atoms with Crippen LogP contribution < -0.4 is 0 Å². The SMILES string of the molecule is CCOCC(F)(F)C(F)(F)C(F)(F)CF. The molecule has 0 unspecified atom stereocenters. The van der Waals surface area contributed by atoms with Gasteiger partial charge in [0.25, 0.3) is 0 Å². The Morgan fingerprint density at radius 2 is 1.40 bits per heavy atom. The third kappa shape index (κ3) is 2.73. The Kier molecular flexibility index (Phi) is 4.38. The summed E-state index contributed by atoms with van der Waals surface area (Å²) in [6.45, 7) is -3.86. The van der Waals surface area contributed by atoms with Crippen molar-refractivity contribution in [1.29, 1.82) is 0 Å². The van der Waals surface area contributed by atoms with Gasteiger partial charge in [-0.2, -0.15) is 26.3 Å². The smallest absolute Gasteiger partial charge is 0.375 e. The Hall–Kier alpha value is -0.530. The maximum atomic E-state index is 12.5. The molecule has 0 heterocycles. The summed E-state index contributed by atoms with van der Waals surface area (Å²) >= 11 is 0. The predicted octanol–water partition coefficient (Wildman–Crippen LogP) is 2.90. The first-order valence-electron chi connectivity index (χ1n) is 3.89. The van der Waals surface area contributed by atoms with Crippen LogP contribution in [-0.2, 0) is 4.74 Å². The van der Waals surface area contributed by atoms with Crippen molar-refractivity contribution in [3.63, 3.8) is 0 Å². The van der Waals surface area contributed by atoms with E-state index < -0.39 is 31.0 Å². The van der Waals surface area contributed by atoms with Crippen molar-refractivity contribution >= 4 is 0 Å². The van der Waals surface area contributed by atoms with E-state index in [4.69, 9.17) is 0 Å². The van der Waals surface area contributed by atoms with E-state index >= 15 is 0 Å². The Morgan fingerprint density at radius 1 is 0.933 bits per heavy atom. The van der Waals surface area contributed by atoms with Gasteiger partial charge in [0.15, 0.2) is 6.67 Å². The third-order valence-electron chi connectivity index (χ3n) is 1.57. The van der Waals surface area contributed by atoms with Crippen LogP contribution in [0.5, 0.6) is 0 Å². The molecular weight excluding hydrogens is 233 g/mol. The molecule has 0 aliphatic rings. The predicted molar refractivity (Wildman–Crippen MR) is 37.3 cm³/mol. The van der Waals surface area contributed by atoms with Crippen LogP contribution in [0.1, 0.15) is 6.92 Å². The molecule has 0 aromatic heterocycles. The molecule has 0 amide bonds. The van der Waals surface area contributed by atoms with Crippen LogP contribution in [0.25, 0.3) is 0 Å². The van der Waals surface area contributed by atoms with Crippen LogP contribution in [0.2, 0.25) is 0 Å². The van der Waals surface area contributed by atoms with E-state index in [0.29, 0.717) is 0 Å². The number of hydrogen-bond acceptors (Lipinski definition) is 1. The van der Waals surface area contributed by atoms with Gasteiger partial charge in [0, 0.05) is 6.61 Å². The van der Waals surface area contributed by atoms with Crippen molar-refractivity contribution in [2.45, 2.75) is 24.7 Å². The van der Waals surface area contributed by atoms with E-state index in [1.165, 1.54) is 6.92 Å². The number of hydrogen-bond donors (Lipinski definition) is 0. The number of halogens is 7. The fourth-order valence-corrected chi connectivity index (χ4v) is 0.672. The summed E-state index contributed by atoms with van der Waals surface area (Å²) in [7, 11) is 0.